The number of hydrogen-bond donors (Lipinski definition) is 3. The molecular formula is C16H14N6O2. The van der Waals surface area contributed by atoms with Crippen LogP contribution in [0.2, 0.25) is 0 Å². The van der Waals surface area contributed by atoms with Crippen LogP contribution in [0.25, 0.3) is 27.5 Å². The molecule has 2 heterocycles. The van der Waals surface area contributed by atoms with Gasteiger partial charge in [-0.05, 0) is 36.4 Å². The van der Waals surface area contributed by atoms with Crippen LogP contribution in [0.1, 0.15) is 10.5 Å². The number of nitrogens with zero attached hydrogens (tertiary/aromatic N) is 3. The van der Waals surface area contributed by atoms with Crippen LogP contribution in [0.15, 0.2) is 42.6 Å². The fourth-order valence-electron chi connectivity index (χ4n) is 2.80. The Kier molecular flexibility index (Phi) is 3.17. The number of nitrogen functional groups attached to an aromatic ring is 1. The summed E-state index contributed by atoms with van der Waals surface area (Å²) in [4.78, 5) is 12.1. The van der Waals surface area contributed by atoms with Crippen LogP contribution in [0.3, 0.4) is 0 Å². The molecule has 0 atom stereocenters. The molecule has 0 radical (unpaired) electrons. The number of ether oxygens (including phenoxy) is 1. The summed E-state index contributed by atoms with van der Waals surface area (Å²) in [5.74, 6) is 5.65. The largest absolute Gasteiger partial charge is 0.497 e. The number of carbonyl (C=O) groups excluding carboxylic acids is 1. The standard InChI is InChI=1S/C16H14N6O2/c1-24-10-4-2-9(3-5-10)22-15-11(14(21-22)16(23)19-17)6-7-13-12(15)8-18-20-13/h2-8,21H,17H2,1H3,(H,19,23). The molecule has 0 bridgehead atoms. The zero-order chi connectivity index (χ0) is 16.7. The molecule has 4 aromatic rings. The van der Waals surface area contributed by atoms with Crippen molar-refractivity contribution in [3.63, 3.8) is 0 Å². The maximum atomic E-state index is 12.1. The van der Waals surface area contributed by atoms with Gasteiger partial charge in [-0.25, -0.2) is 5.84 Å². The number of benzene rings is 2. The monoisotopic (exact) mass is 322 g/mol. The maximum absolute atomic E-state index is 12.1. The van der Waals surface area contributed by atoms with Gasteiger partial charge in [0.25, 0.3) is 5.91 Å². The molecule has 1 amide bonds. The molecule has 0 aliphatic rings. The van der Waals surface area contributed by atoms with E-state index in [4.69, 9.17) is 10.6 Å². The lowest BCUT2D eigenvalue weighted by Gasteiger charge is -2.07. The van der Waals surface area contributed by atoms with Crippen LogP contribution in [0, 0.1) is 0 Å². The van der Waals surface area contributed by atoms with E-state index < -0.39 is 5.91 Å². The van der Waals surface area contributed by atoms with Gasteiger partial charge in [-0.2, -0.15) is 10.2 Å². The second kappa shape index (κ2) is 5.36. The van der Waals surface area contributed by atoms with Gasteiger partial charge in [0.15, 0.2) is 0 Å². The van der Waals surface area contributed by atoms with Crippen LogP contribution >= 0.6 is 0 Å². The number of H-pyrrole nitrogens is 1. The topological polar surface area (TPSA) is 111 Å². The molecule has 0 fully saturated rings. The molecule has 4 rings (SSSR count). The molecule has 0 unspecified atom stereocenters. The van der Waals surface area contributed by atoms with Gasteiger partial charge in [-0.15, -0.1) is 0 Å². The van der Waals surface area contributed by atoms with E-state index in [1.165, 1.54) is 0 Å². The average molecular weight is 322 g/mol. The molecule has 2 aromatic carbocycles. The third-order valence-electron chi connectivity index (χ3n) is 3.95. The van der Waals surface area contributed by atoms with Crippen LogP contribution in [-0.2, 0) is 0 Å². The number of amides is 1. The SMILES string of the molecule is COc1ccc(-n2[nH]c(C(=O)NN)c3ccc4nncc4c32)cc1. The van der Waals surface area contributed by atoms with Crippen molar-refractivity contribution in [2.45, 2.75) is 0 Å². The Morgan fingerprint density at radius 3 is 2.71 bits per heavy atom. The quantitative estimate of drug-likeness (QED) is 0.301. The van der Waals surface area contributed by atoms with Crippen LogP contribution in [-0.4, -0.2) is 33.0 Å². The smallest absolute Gasteiger partial charge is 0.283 e. The number of fused-ring (bicyclic) bond motifs is 3. The zero-order valence-corrected chi connectivity index (χ0v) is 12.8. The van der Waals surface area contributed by atoms with Crippen molar-refractivity contribution in [2.24, 2.45) is 5.84 Å². The Labute approximate surface area is 136 Å². The van der Waals surface area contributed by atoms with Gasteiger partial charge in [-0.3, -0.25) is 20.0 Å². The van der Waals surface area contributed by atoms with Gasteiger partial charge >= 0.3 is 0 Å². The number of nitrogens with one attached hydrogen (secondary N) is 2. The summed E-state index contributed by atoms with van der Waals surface area (Å²) in [7, 11) is 1.61. The molecule has 0 saturated carbocycles. The molecular weight excluding hydrogens is 308 g/mol. The highest BCUT2D eigenvalue weighted by Crippen LogP contribution is 2.29. The van der Waals surface area contributed by atoms with Gasteiger partial charge in [0.1, 0.15) is 11.4 Å². The summed E-state index contributed by atoms with van der Waals surface area (Å²) in [6, 6.07) is 11.1. The number of hydrazine groups is 1. The summed E-state index contributed by atoms with van der Waals surface area (Å²) in [6.45, 7) is 0. The summed E-state index contributed by atoms with van der Waals surface area (Å²) < 4.78 is 7.00. The third-order valence-corrected chi connectivity index (χ3v) is 3.95. The Morgan fingerprint density at radius 2 is 2.00 bits per heavy atom. The third kappa shape index (κ3) is 2.01. The van der Waals surface area contributed by atoms with Crippen LogP contribution in [0.4, 0.5) is 0 Å². The number of rotatable bonds is 3. The van der Waals surface area contributed by atoms with Crippen molar-refractivity contribution < 1.29 is 9.53 Å². The lowest BCUT2D eigenvalue weighted by atomic mass is 10.1. The van der Waals surface area contributed by atoms with Crippen molar-refractivity contribution in [1.29, 1.82) is 0 Å². The minimum absolute atomic E-state index is 0.367. The molecule has 2 aromatic heterocycles. The van der Waals surface area contributed by atoms with Crippen molar-refractivity contribution in [3.05, 3.63) is 48.3 Å². The van der Waals surface area contributed by atoms with E-state index in [1.807, 2.05) is 41.1 Å². The second-order valence-corrected chi connectivity index (χ2v) is 5.23. The Balaban J connectivity index is 2.05. The maximum Gasteiger partial charge on any atom is 0.283 e. The van der Waals surface area contributed by atoms with E-state index in [1.54, 1.807) is 13.3 Å². The molecule has 0 aliphatic carbocycles. The van der Waals surface area contributed by atoms with E-state index in [2.05, 4.69) is 20.7 Å². The molecule has 4 N–H and O–H groups in total. The Hall–Kier alpha value is -3.39. The summed E-state index contributed by atoms with van der Waals surface area (Å²) in [5.41, 5.74) is 4.93. The lowest BCUT2D eigenvalue weighted by Crippen LogP contribution is -2.30. The fraction of sp³-hybridized carbons (Fsp3) is 0.0625. The highest BCUT2D eigenvalue weighted by molar-refractivity contribution is 6.12. The molecule has 120 valence electrons. The van der Waals surface area contributed by atoms with Crippen LogP contribution < -0.4 is 16.0 Å². The van der Waals surface area contributed by atoms with Crippen molar-refractivity contribution in [2.75, 3.05) is 7.11 Å². The summed E-state index contributed by atoms with van der Waals surface area (Å²) >= 11 is 0. The number of hydrogen-bond acceptors (Lipinski definition) is 5. The van der Waals surface area contributed by atoms with E-state index in [0.29, 0.717) is 5.69 Å². The minimum Gasteiger partial charge on any atom is -0.497 e. The molecule has 0 spiro atoms. The van der Waals surface area contributed by atoms with Gasteiger partial charge in [0, 0.05) is 10.8 Å². The number of aromatic nitrogens is 4. The van der Waals surface area contributed by atoms with E-state index in [0.717, 1.165) is 33.2 Å². The van der Waals surface area contributed by atoms with Crippen molar-refractivity contribution in [1.82, 2.24) is 25.4 Å². The van der Waals surface area contributed by atoms with Gasteiger partial charge in [0.2, 0.25) is 0 Å². The molecule has 0 saturated heterocycles. The highest BCUT2D eigenvalue weighted by atomic mass is 16.5. The first kappa shape index (κ1) is 14.2. The highest BCUT2D eigenvalue weighted by Gasteiger charge is 2.18. The van der Waals surface area contributed by atoms with Gasteiger partial charge in [0.05, 0.1) is 30.0 Å². The summed E-state index contributed by atoms with van der Waals surface area (Å²) in [6.07, 6.45) is 1.68. The normalized spacial score (nSPS) is 11.1. The van der Waals surface area contributed by atoms with E-state index in [9.17, 15) is 4.79 Å². The Bertz CT molecular complexity index is 1050. The van der Waals surface area contributed by atoms with Crippen molar-refractivity contribution >= 4 is 27.7 Å². The summed E-state index contributed by atoms with van der Waals surface area (Å²) in [5, 5.41) is 12.7. The zero-order valence-electron chi connectivity index (χ0n) is 12.8. The van der Waals surface area contributed by atoms with Gasteiger partial charge in [-0.1, -0.05) is 0 Å². The van der Waals surface area contributed by atoms with Gasteiger partial charge < -0.3 is 4.74 Å². The molecule has 0 aliphatic heterocycles. The number of methoxy groups -OCH3 is 1. The second-order valence-electron chi connectivity index (χ2n) is 5.23. The molecule has 24 heavy (non-hydrogen) atoms. The first-order valence-electron chi connectivity index (χ1n) is 7.23. The number of nitrogens with two attached hydrogens (primary N) is 1. The average Bonchev–Trinajstić information content (AvgIpc) is 3.25. The minimum atomic E-state index is -0.404. The predicted molar refractivity (Wildman–Crippen MR) is 88.9 cm³/mol. The first-order valence-corrected chi connectivity index (χ1v) is 7.23. The number of carbonyl (C=O) groups is 1. The van der Waals surface area contributed by atoms with E-state index >= 15 is 0 Å². The predicted octanol–water partition coefficient (Wildman–Crippen LogP) is 1.51. The molecule has 8 heteroatoms. The number of aromatic amines is 1. The lowest BCUT2D eigenvalue weighted by molar-refractivity contribution is 0.0950. The van der Waals surface area contributed by atoms with Crippen LogP contribution in [0.5, 0.6) is 5.75 Å². The van der Waals surface area contributed by atoms with E-state index in [-0.39, 0.29) is 0 Å². The first-order chi connectivity index (χ1) is 11.7. The Morgan fingerprint density at radius 1 is 1.21 bits per heavy atom. The fourth-order valence-corrected chi connectivity index (χ4v) is 2.80. The van der Waals surface area contributed by atoms with Crippen molar-refractivity contribution in [3.8, 4) is 11.4 Å². The molecule has 8 nitrogen and oxygen atoms in total.